The molecule has 3 nitrogen and oxygen atoms in total. The molecular weight excluding hydrogens is 282 g/mol. The summed E-state index contributed by atoms with van der Waals surface area (Å²) in [4.78, 5) is 26.5. The first kappa shape index (κ1) is 14.0. The minimum atomic E-state index is -0.285. The summed E-state index contributed by atoms with van der Waals surface area (Å²) in [6.45, 7) is 2.11. The minimum absolute atomic E-state index is 0.0565. The largest absolute Gasteiger partial charge is 0.296 e. The van der Waals surface area contributed by atoms with Crippen molar-refractivity contribution in [2.75, 3.05) is 0 Å². The van der Waals surface area contributed by atoms with Gasteiger partial charge in [0, 0.05) is 22.1 Å². The zero-order chi connectivity index (χ0) is 14.8. The maximum Gasteiger partial charge on any atom is 0.234 e. The van der Waals surface area contributed by atoms with E-state index in [1.54, 1.807) is 11.3 Å². The molecule has 1 aliphatic heterocycles. The van der Waals surface area contributed by atoms with Crippen molar-refractivity contribution < 1.29 is 9.59 Å². The van der Waals surface area contributed by atoms with Crippen LogP contribution in [0.4, 0.5) is 0 Å². The quantitative estimate of drug-likeness (QED) is 0.885. The van der Waals surface area contributed by atoms with Crippen molar-refractivity contribution in [2.24, 2.45) is 0 Å². The molecule has 1 N–H and O–H groups in total. The molecule has 2 atom stereocenters. The summed E-state index contributed by atoms with van der Waals surface area (Å²) in [6.07, 6.45) is 1.35. The third-order valence-corrected chi connectivity index (χ3v) is 5.27. The molecule has 1 saturated heterocycles. The summed E-state index contributed by atoms with van der Waals surface area (Å²) in [6, 6.07) is 13.9. The van der Waals surface area contributed by atoms with E-state index in [0.29, 0.717) is 6.42 Å². The molecule has 108 valence electrons. The van der Waals surface area contributed by atoms with Crippen LogP contribution < -0.4 is 5.32 Å². The van der Waals surface area contributed by atoms with E-state index in [4.69, 9.17) is 0 Å². The lowest BCUT2D eigenvalue weighted by molar-refractivity contribution is -0.135. The highest BCUT2D eigenvalue weighted by Gasteiger charge is 2.38. The van der Waals surface area contributed by atoms with Gasteiger partial charge < -0.3 is 0 Å². The first-order chi connectivity index (χ1) is 10.2. The Morgan fingerprint density at radius 1 is 1.14 bits per heavy atom. The van der Waals surface area contributed by atoms with Gasteiger partial charge in [0.05, 0.1) is 5.92 Å². The zero-order valence-corrected chi connectivity index (χ0v) is 12.7. The highest BCUT2D eigenvalue weighted by molar-refractivity contribution is 7.12. The Labute approximate surface area is 128 Å². The van der Waals surface area contributed by atoms with Crippen LogP contribution in [-0.4, -0.2) is 11.8 Å². The van der Waals surface area contributed by atoms with Gasteiger partial charge in [-0.25, -0.2) is 0 Å². The Balaban J connectivity index is 2.00. The Morgan fingerprint density at radius 2 is 1.90 bits per heavy atom. The maximum atomic E-state index is 12.3. The number of imide groups is 1. The summed E-state index contributed by atoms with van der Waals surface area (Å²) >= 11 is 1.71. The highest BCUT2D eigenvalue weighted by Crippen LogP contribution is 2.41. The van der Waals surface area contributed by atoms with Gasteiger partial charge in [-0.05, 0) is 24.1 Å². The minimum Gasteiger partial charge on any atom is -0.296 e. The van der Waals surface area contributed by atoms with Crippen molar-refractivity contribution in [1.29, 1.82) is 0 Å². The van der Waals surface area contributed by atoms with Crippen LogP contribution in [0, 0.1) is 0 Å². The van der Waals surface area contributed by atoms with Gasteiger partial charge in [-0.2, -0.15) is 0 Å². The standard InChI is InChI=1S/C17H17NO2S/c1-2-12-8-9-14(21-12)13-10-15(19)18-17(20)16(13)11-6-4-3-5-7-11/h3-9,13,16H,2,10H2,1H3,(H,18,19,20). The Hall–Kier alpha value is -1.94. The first-order valence-electron chi connectivity index (χ1n) is 7.16. The van der Waals surface area contributed by atoms with Crippen molar-refractivity contribution in [2.45, 2.75) is 31.6 Å². The zero-order valence-electron chi connectivity index (χ0n) is 11.8. The molecular formula is C17H17NO2S. The van der Waals surface area contributed by atoms with Crippen LogP contribution in [0.1, 0.15) is 40.5 Å². The molecule has 2 unspecified atom stereocenters. The van der Waals surface area contributed by atoms with E-state index in [9.17, 15) is 9.59 Å². The number of rotatable bonds is 3. The van der Waals surface area contributed by atoms with Crippen LogP contribution in [-0.2, 0) is 16.0 Å². The lowest BCUT2D eigenvalue weighted by Crippen LogP contribution is -2.43. The van der Waals surface area contributed by atoms with E-state index in [-0.39, 0.29) is 23.7 Å². The average Bonchev–Trinajstić information content (AvgIpc) is 2.96. The Bertz CT molecular complexity index is 662. The second-order valence-electron chi connectivity index (χ2n) is 5.27. The molecule has 0 aliphatic carbocycles. The van der Waals surface area contributed by atoms with Gasteiger partial charge in [-0.15, -0.1) is 11.3 Å². The van der Waals surface area contributed by atoms with Crippen molar-refractivity contribution in [3.63, 3.8) is 0 Å². The summed E-state index contributed by atoms with van der Waals surface area (Å²) < 4.78 is 0. The molecule has 0 bridgehead atoms. The van der Waals surface area contributed by atoms with Gasteiger partial charge in [0.25, 0.3) is 0 Å². The van der Waals surface area contributed by atoms with Crippen molar-refractivity contribution in [3.05, 3.63) is 57.8 Å². The normalized spacial score (nSPS) is 22.1. The molecule has 1 aliphatic rings. The van der Waals surface area contributed by atoms with Gasteiger partial charge in [-0.3, -0.25) is 14.9 Å². The predicted octanol–water partition coefficient (Wildman–Crippen LogP) is 3.22. The molecule has 1 aromatic carbocycles. The maximum absolute atomic E-state index is 12.3. The summed E-state index contributed by atoms with van der Waals surface area (Å²) in [5.74, 6) is -0.705. The lowest BCUT2D eigenvalue weighted by Gasteiger charge is -2.29. The van der Waals surface area contributed by atoms with Gasteiger partial charge in [0.2, 0.25) is 11.8 Å². The third-order valence-electron chi connectivity index (χ3n) is 3.91. The molecule has 1 aromatic heterocycles. The fourth-order valence-electron chi connectivity index (χ4n) is 2.86. The number of aryl methyl sites for hydroxylation is 1. The Morgan fingerprint density at radius 3 is 2.57 bits per heavy atom. The van der Waals surface area contributed by atoms with Crippen LogP contribution in [0.15, 0.2) is 42.5 Å². The third kappa shape index (κ3) is 2.76. The number of carbonyl (C=O) groups excluding carboxylic acids is 2. The Kier molecular flexibility index (Phi) is 3.88. The number of amides is 2. The lowest BCUT2D eigenvalue weighted by atomic mass is 9.79. The number of carbonyl (C=O) groups is 2. The van der Waals surface area contributed by atoms with E-state index >= 15 is 0 Å². The number of piperidine rings is 1. The summed E-state index contributed by atoms with van der Waals surface area (Å²) in [5, 5.41) is 2.48. The molecule has 1 fully saturated rings. The van der Waals surface area contributed by atoms with Crippen LogP contribution in [0.2, 0.25) is 0 Å². The molecule has 0 radical (unpaired) electrons. The van der Waals surface area contributed by atoms with E-state index in [2.05, 4.69) is 24.4 Å². The average molecular weight is 299 g/mol. The van der Waals surface area contributed by atoms with Gasteiger partial charge >= 0.3 is 0 Å². The fourth-order valence-corrected chi connectivity index (χ4v) is 3.95. The summed E-state index contributed by atoms with van der Waals surface area (Å²) in [7, 11) is 0. The van der Waals surface area contributed by atoms with Crippen LogP contribution in [0.25, 0.3) is 0 Å². The smallest absolute Gasteiger partial charge is 0.234 e. The summed E-state index contributed by atoms with van der Waals surface area (Å²) in [5.41, 5.74) is 0.971. The number of thiophene rings is 1. The number of hydrogen-bond donors (Lipinski definition) is 1. The van der Waals surface area contributed by atoms with Gasteiger partial charge in [0.1, 0.15) is 0 Å². The van der Waals surface area contributed by atoms with Gasteiger partial charge in [-0.1, -0.05) is 37.3 Å². The van der Waals surface area contributed by atoms with Crippen molar-refractivity contribution in [1.82, 2.24) is 5.32 Å². The van der Waals surface area contributed by atoms with E-state index < -0.39 is 0 Å². The van der Waals surface area contributed by atoms with Crippen molar-refractivity contribution in [3.8, 4) is 0 Å². The molecule has 2 heterocycles. The van der Waals surface area contributed by atoms with Crippen LogP contribution in [0.3, 0.4) is 0 Å². The van der Waals surface area contributed by atoms with Crippen molar-refractivity contribution >= 4 is 23.2 Å². The molecule has 0 saturated carbocycles. The molecule has 4 heteroatoms. The number of hydrogen-bond acceptors (Lipinski definition) is 3. The van der Waals surface area contributed by atoms with Crippen LogP contribution in [0.5, 0.6) is 0 Å². The molecule has 21 heavy (non-hydrogen) atoms. The fraction of sp³-hybridized carbons (Fsp3) is 0.294. The molecule has 0 spiro atoms. The van der Waals surface area contributed by atoms with E-state index in [1.807, 2.05) is 30.3 Å². The van der Waals surface area contributed by atoms with Gasteiger partial charge in [0.15, 0.2) is 0 Å². The van der Waals surface area contributed by atoms with Crippen LogP contribution >= 0.6 is 11.3 Å². The monoisotopic (exact) mass is 299 g/mol. The predicted molar refractivity (Wildman–Crippen MR) is 83.4 cm³/mol. The van der Waals surface area contributed by atoms with E-state index in [0.717, 1.165) is 16.9 Å². The topological polar surface area (TPSA) is 46.2 Å². The number of benzene rings is 1. The molecule has 3 rings (SSSR count). The first-order valence-corrected chi connectivity index (χ1v) is 7.98. The second-order valence-corrected chi connectivity index (χ2v) is 6.47. The number of nitrogens with one attached hydrogen (secondary N) is 1. The van der Waals surface area contributed by atoms with E-state index in [1.165, 1.54) is 4.88 Å². The molecule has 2 aromatic rings. The second kappa shape index (κ2) is 5.82. The SMILES string of the molecule is CCc1ccc(C2CC(=O)NC(=O)C2c2ccccc2)s1. The highest BCUT2D eigenvalue weighted by atomic mass is 32.1. The molecule has 2 amide bonds.